The van der Waals surface area contributed by atoms with Gasteiger partial charge >= 0.3 is 0 Å². The Balaban J connectivity index is 0.00000264. The molecule has 8 heteroatoms. The minimum Gasteiger partial charge on any atom is -0.380 e. The number of hydrogen-bond acceptors (Lipinski definition) is 5. The Morgan fingerprint density at radius 2 is 2.13 bits per heavy atom. The lowest BCUT2D eigenvalue weighted by Gasteiger charge is -2.43. The maximum Gasteiger partial charge on any atom is 0.191 e. The molecule has 0 bridgehead atoms. The fourth-order valence-corrected chi connectivity index (χ4v) is 4.47. The molecule has 0 spiro atoms. The second-order valence-corrected chi connectivity index (χ2v) is 6.78. The summed E-state index contributed by atoms with van der Waals surface area (Å²) in [4.78, 5) is 6.92. The fourth-order valence-electron chi connectivity index (χ4n) is 2.99. The van der Waals surface area contributed by atoms with Gasteiger partial charge in [-0.25, -0.2) is 0 Å². The van der Waals surface area contributed by atoms with Gasteiger partial charge in [-0.2, -0.15) is 11.8 Å². The predicted octanol–water partition coefficient (Wildman–Crippen LogP) is 1.01. The first-order valence-corrected chi connectivity index (χ1v) is 9.39. The molecule has 2 aliphatic heterocycles. The summed E-state index contributed by atoms with van der Waals surface area (Å²) < 4.78 is 10.9. The molecular formula is C15H31IN4O2S. The van der Waals surface area contributed by atoms with Gasteiger partial charge in [0.15, 0.2) is 5.96 Å². The van der Waals surface area contributed by atoms with E-state index >= 15 is 0 Å². The average molecular weight is 458 g/mol. The summed E-state index contributed by atoms with van der Waals surface area (Å²) in [6.07, 6.45) is 1.24. The van der Waals surface area contributed by atoms with Crippen LogP contribution in [0, 0.1) is 0 Å². The number of aliphatic imine (C=N–C) groups is 1. The third-order valence-corrected chi connectivity index (χ3v) is 5.55. The summed E-state index contributed by atoms with van der Waals surface area (Å²) in [6, 6.07) is 0. The Bertz CT molecular complexity index is 348. The Kier molecular flexibility index (Phi) is 10.8. The lowest BCUT2D eigenvalue weighted by atomic mass is 9.95. The van der Waals surface area contributed by atoms with Crippen LogP contribution in [0.2, 0.25) is 0 Å². The van der Waals surface area contributed by atoms with Crippen LogP contribution in [-0.4, -0.2) is 87.6 Å². The topological polar surface area (TPSA) is 58.1 Å². The van der Waals surface area contributed by atoms with E-state index in [0.29, 0.717) is 6.61 Å². The highest BCUT2D eigenvalue weighted by atomic mass is 127. The molecule has 0 aliphatic carbocycles. The van der Waals surface area contributed by atoms with Crippen LogP contribution in [-0.2, 0) is 9.47 Å². The van der Waals surface area contributed by atoms with E-state index < -0.39 is 0 Å². The van der Waals surface area contributed by atoms with Crippen molar-refractivity contribution in [2.75, 3.05) is 71.2 Å². The van der Waals surface area contributed by atoms with Crippen LogP contribution in [0.15, 0.2) is 4.99 Å². The van der Waals surface area contributed by atoms with Crippen molar-refractivity contribution in [3.8, 4) is 0 Å². The van der Waals surface area contributed by atoms with E-state index in [4.69, 9.17) is 9.47 Å². The molecule has 0 aromatic rings. The summed E-state index contributed by atoms with van der Waals surface area (Å²) in [5.74, 6) is 3.30. The third-order valence-electron chi connectivity index (χ3n) is 4.32. The summed E-state index contributed by atoms with van der Waals surface area (Å²) in [5, 5.41) is 6.83. The maximum absolute atomic E-state index is 5.51. The van der Waals surface area contributed by atoms with E-state index in [-0.39, 0.29) is 29.5 Å². The zero-order chi connectivity index (χ0) is 15.7. The second-order valence-electron chi connectivity index (χ2n) is 5.68. The maximum atomic E-state index is 5.51. The van der Waals surface area contributed by atoms with Crippen LogP contribution in [0.3, 0.4) is 0 Å². The van der Waals surface area contributed by atoms with Crippen molar-refractivity contribution >= 4 is 41.7 Å². The van der Waals surface area contributed by atoms with E-state index in [9.17, 15) is 0 Å². The molecule has 0 aromatic heterocycles. The lowest BCUT2D eigenvalue weighted by molar-refractivity contribution is -0.0120. The normalized spacial score (nSPS) is 25.9. The first-order chi connectivity index (χ1) is 10.8. The number of nitrogens with zero attached hydrogens (tertiary/aromatic N) is 2. The van der Waals surface area contributed by atoms with Crippen LogP contribution in [0.25, 0.3) is 0 Å². The Labute approximate surface area is 161 Å². The molecule has 2 rings (SSSR count). The molecule has 136 valence electrons. The summed E-state index contributed by atoms with van der Waals surface area (Å²) in [6.45, 7) is 8.99. The number of thioether (sulfide) groups is 1. The van der Waals surface area contributed by atoms with Crippen LogP contribution in [0.1, 0.15) is 13.3 Å². The van der Waals surface area contributed by atoms with Crippen molar-refractivity contribution in [2.24, 2.45) is 4.99 Å². The minimum absolute atomic E-state index is 0. The predicted molar refractivity (Wildman–Crippen MR) is 108 cm³/mol. The molecule has 2 heterocycles. The van der Waals surface area contributed by atoms with Gasteiger partial charge in [0, 0.05) is 51.1 Å². The quantitative estimate of drug-likeness (QED) is 0.257. The highest BCUT2D eigenvalue weighted by Gasteiger charge is 2.40. The number of morpholine rings is 1. The van der Waals surface area contributed by atoms with Crippen LogP contribution < -0.4 is 10.6 Å². The van der Waals surface area contributed by atoms with Gasteiger partial charge in [0.05, 0.1) is 19.8 Å². The van der Waals surface area contributed by atoms with Gasteiger partial charge in [0.1, 0.15) is 0 Å². The van der Waals surface area contributed by atoms with Crippen molar-refractivity contribution in [1.29, 1.82) is 0 Å². The lowest BCUT2D eigenvalue weighted by Crippen LogP contribution is -2.60. The summed E-state index contributed by atoms with van der Waals surface area (Å²) in [7, 11) is 1.82. The summed E-state index contributed by atoms with van der Waals surface area (Å²) in [5.41, 5.74) is 0.242. The van der Waals surface area contributed by atoms with Gasteiger partial charge in [-0.3, -0.25) is 9.89 Å². The number of halogens is 1. The van der Waals surface area contributed by atoms with Gasteiger partial charge in [-0.1, -0.05) is 0 Å². The van der Waals surface area contributed by atoms with Crippen molar-refractivity contribution in [2.45, 2.75) is 18.9 Å². The Morgan fingerprint density at radius 1 is 1.35 bits per heavy atom. The number of hydrogen-bond donors (Lipinski definition) is 2. The van der Waals surface area contributed by atoms with Crippen LogP contribution in [0.4, 0.5) is 0 Å². The monoisotopic (exact) mass is 458 g/mol. The van der Waals surface area contributed by atoms with Crippen molar-refractivity contribution in [3.63, 3.8) is 0 Å². The van der Waals surface area contributed by atoms with E-state index in [0.717, 1.165) is 52.0 Å². The number of rotatable bonds is 7. The fraction of sp³-hybridized carbons (Fsp3) is 0.933. The first kappa shape index (κ1) is 21.3. The molecule has 6 nitrogen and oxygen atoms in total. The van der Waals surface area contributed by atoms with E-state index in [1.54, 1.807) is 0 Å². The highest BCUT2D eigenvalue weighted by molar-refractivity contribution is 14.0. The van der Waals surface area contributed by atoms with Gasteiger partial charge in [0.2, 0.25) is 0 Å². The molecule has 0 amide bonds. The molecule has 0 radical (unpaired) electrons. The molecule has 1 unspecified atom stereocenters. The van der Waals surface area contributed by atoms with Crippen molar-refractivity contribution in [1.82, 2.24) is 15.5 Å². The first-order valence-electron chi connectivity index (χ1n) is 8.23. The van der Waals surface area contributed by atoms with E-state index in [2.05, 4.69) is 32.3 Å². The largest absolute Gasteiger partial charge is 0.380 e. The average Bonchev–Trinajstić information content (AvgIpc) is 3.05. The second kappa shape index (κ2) is 11.7. The van der Waals surface area contributed by atoms with E-state index in [1.807, 2.05) is 14.0 Å². The third kappa shape index (κ3) is 6.56. The molecule has 23 heavy (non-hydrogen) atoms. The van der Waals surface area contributed by atoms with E-state index in [1.165, 1.54) is 17.9 Å². The standard InChI is InChI=1S/C15H30N4O2S.HI/c1-3-20-8-5-17-14(16-2)18-12-15(4-11-22-13-15)19-6-9-21-10-7-19;/h3-13H2,1-2H3,(H2,16,17,18);1H. The number of ether oxygens (including phenoxy) is 2. The Morgan fingerprint density at radius 3 is 2.74 bits per heavy atom. The van der Waals surface area contributed by atoms with Crippen LogP contribution >= 0.6 is 35.7 Å². The molecule has 0 aromatic carbocycles. The number of nitrogens with one attached hydrogen (secondary N) is 2. The van der Waals surface area contributed by atoms with Crippen molar-refractivity contribution in [3.05, 3.63) is 0 Å². The SMILES string of the molecule is CCOCCNC(=NC)NCC1(N2CCOCC2)CCSC1.I. The van der Waals surface area contributed by atoms with Gasteiger partial charge in [-0.15, -0.1) is 24.0 Å². The molecule has 2 aliphatic rings. The summed E-state index contributed by atoms with van der Waals surface area (Å²) >= 11 is 2.06. The van der Waals surface area contributed by atoms with Crippen molar-refractivity contribution < 1.29 is 9.47 Å². The van der Waals surface area contributed by atoms with Gasteiger partial charge < -0.3 is 20.1 Å². The molecule has 2 N–H and O–H groups in total. The molecular weight excluding hydrogens is 427 g/mol. The van der Waals surface area contributed by atoms with Gasteiger partial charge in [-0.05, 0) is 19.1 Å². The highest BCUT2D eigenvalue weighted by Crippen LogP contribution is 2.33. The number of guanidine groups is 1. The molecule has 1 atom stereocenters. The van der Waals surface area contributed by atoms with Crippen LogP contribution in [0.5, 0.6) is 0 Å². The smallest absolute Gasteiger partial charge is 0.191 e. The molecule has 2 fully saturated rings. The molecule has 0 saturated carbocycles. The van der Waals surface area contributed by atoms with Gasteiger partial charge in [0.25, 0.3) is 0 Å². The minimum atomic E-state index is 0. The zero-order valence-corrected chi connectivity index (χ0v) is 17.5. The zero-order valence-electron chi connectivity index (χ0n) is 14.3. The molecule has 2 saturated heterocycles. The Hall–Kier alpha value is 0.230.